The van der Waals surface area contributed by atoms with E-state index in [9.17, 15) is 4.79 Å². The second-order valence-electron chi connectivity index (χ2n) is 5.96. The minimum absolute atomic E-state index is 0.00390. The Hall–Kier alpha value is -1.88. The van der Waals surface area contributed by atoms with E-state index >= 15 is 0 Å². The van der Waals surface area contributed by atoms with Crippen molar-refractivity contribution in [1.82, 2.24) is 10.2 Å². The number of carbonyl (C=O) groups excluding carboxylic acids is 1. The maximum Gasteiger partial charge on any atom is 0.276 e. The Balaban J connectivity index is 1.75. The zero-order valence-corrected chi connectivity index (χ0v) is 14.2. The number of carbonyl (C=O) groups is 1. The molecule has 1 aromatic rings. The second kappa shape index (κ2) is 7.13. The molecule has 1 N–H and O–H groups in total. The molecule has 0 atom stereocenters. The molecule has 122 valence electrons. The van der Waals surface area contributed by atoms with Gasteiger partial charge in [-0.1, -0.05) is 31.4 Å². The molecule has 0 spiro atoms. The summed E-state index contributed by atoms with van der Waals surface area (Å²) >= 11 is 5.38. The van der Waals surface area contributed by atoms with Crippen molar-refractivity contribution in [3.63, 3.8) is 0 Å². The van der Waals surface area contributed by atoms with Gasteiger partial charge in [-0.25, -0.2) is 0 Å². The van der Waals surface area contributed by atoms with E-state index in [-0.39, 0.29) is 11.9 Å². The van der Waals surface area contributed by atoms with Gasteiger partial charge in [0, 0.05) is 6.04 Å². The van der Waals surface area contributed by atoms with Crippen LogP contribution in [0.1, 0.15) is 44.6 Å². The van der Waals surface area contributed by atoms with E-state index in [1.807, 2.05) is 37.3 Å². The van der Waals surface area contributed by atoms with Crippen molar-refractivity contribution in [3.05, 3.63) is 35.5 Å². The number of thiocarbonyl (C=S) groups is 1. The fraction of sp³-hybridized carbons (Fsp3) is 0.444. The van der Waals surface area contributed by atoms with E-state index in [1.54, 1.807) is 4.90 Å². The number of nitrogens with zero attached hydrogens (tertiary/aromatic N) is 1. The summed E-state index contributed by atoms with van der Waals surface area (Å²) in [5.74, 6) is 0.829. The highest BCUT2D eigenvalue weighted by Gasteiger charge is 2.36. The van der Waals surface area contributed by atoms with Gasteiger partial charge in [0.25, 0.3) is 5.91 Å². The van der Waals surface area contributed by atoms with Crippen LogP contribution in [0.5, 0.6) is 5.75 Å². The van der Waals surface area contributed by atoms with Crippen molar-refractivity contribution in [1.29, 1.82) is 0 Å². The molecule has 1 aliphatic carbocycles. The van der Waals surface area contributed by atoms with E-state index in [4.69, 9.17) is 17.0 Å². The van der Waals surface area contributed by atoms with Crippen LogP contribution >= 0.6 is 12.2 Å². The summed E-state index contributed by atoms with van der Waals surface area (Å²) in [6, 6.07) is 7.96. The smallest absolute Gasteiger partial charge is 0.276 e. The summed E-state index contributed by atoms with van der Waals surface area (Å²) in [7, 11) is 0. The van der Waals surface area contributed by atoms with Crippen LogP contribution < -0.4 is 10.1 Å². The molecule has 4 nitrogen and oxygen atoms in total. The van der Waals surface area contributed by atoms with E-state index in [0.29, 0.717) is 17.4 Å². The molecular weight excluding hydrogens is 308 g/mol. The van der Waals surface area contributed by atoms with Crippen LogP contribution in [0.2, 0.25) is 0 Å². The van der Waals surface area contributed by atoms with Gasteiger partial charge >= 0.3 is 0 Å². The molecule has 1 saturated heterocycles. The average Bonchev–Trinajstić information content (AvgIpc) is 2.84. The maximum atomic E-state index is 12.7. The van der Waals surface area contributed by atoms with E-state index < -0.39 is 0 Å². The zero-order valence-electron chi connectivity index (χ0n) is 13.4. The van der Waals surface area contributed by atoms with Gasteiger partial charge in [-0.05, 0) is 55.8 Å². The van der Waals surface area contributed by atoms with Crippen molar-refractivity contribution in [2.24, 2.45) is 0 Å². The third-order valence-electron chi connectivity index (χ3n) is 4.35. The van der Waals surface area contributed by atoms with Crippen LogP contribution in [-0.4, -0.2) is 28.6 Å². The zero-order chi connectivity index (χ0) is 16.2. The van der Waals surface area contributed by atoms with Crippen molar-refractivity contribution in [2.75, 3.05) is 6.61 Å². The molecule has 3 rings (SSSR count). The predicted molar refractivity (Wildman–Crippen MR) is 95.0 cm³/mol. The minimum Gasteiger partial charge on any atom is -0.494 e. The number of ether oxygens (including phenoxy) is 1. The number of hydrogen-bond donors (Lipinski definition) is 1. The highest BCUT2D eigenvalue weighted by molar-refractivity contribution is 7.80. The van der Waals surface area contributed by atoms with Crippen LogP contribution in [0.15, 0.2) is 30.0 Å². The predicted octanol–water partition coefficient (Wildman–Crippen LogP) is 3.48. The highest BCUT2D eigenvalue weighted by atomic mass is 32.1. The largest absolute Gasteiger partial charge is 0.494 e. The van der Waals surface area contributed by atoms with Gasteiger partial charge in [-0.15, -0.1) is 0 Å². The third-order valence-corrected chi connectivity index (χ3v) is 4.65. The average molecular weight is 330 g/mol. The Kier molecular flexibility index (Phi) is 4.96. The number of amides is 1. The molecule has 0 aromatic heterocycles. The molecule has 1 heterocycles. The summed E-state index contributed by atoms with van der Waals surface area (Å²) in [5, 5.41) is 3.62. The summed E-state index contributed by atoms with van der Waals surface area (Å²) < 4.78 is 5.43. The lowest BCUT2D eigenvalue weighted by atomic mass is 9.94. The van der Waals surface area contributed by atoms with Crippen molar-refractivity contribution < 1.29 is 9.53 Å². The van der Waals surface area contributed by atoms with Gasteiger partial charge in [0.1, 0.15) is 11.4 Å². The maximum absolute atomic E-state index is 12.7. The quantitative estimate of drug-likeness (QED) is 0.678. The Labute approximate surface area is 142 Å². The van der Waals surface area contributed by atoms with Crippen molar-refractivity contribution in [2.45, 2.75) is 45.1 Å². The first-order valence-corrected chi connectivity index (χ1v) is 8.69. The molecule has 1 aromatic carbocycles. The van der Waals surface area contributed by atoms with Crippen molar-refractivity contribution >= 4 is 29.3 Å². The molecule has 1 aliphatic heterocycles. The van der Waals surface area contributed by atoms with Gasteiger partial charge in [0.05, 0.1) is 6.61 Å². The molecular formula is C18H22N2O2S. The van der Waals surface area contributed by atoms with E-state index in [2.05, 4.69) is 5.32 Å². The Morgan fingerprint density at radius 2 is 1.96 bits per heavy atom. The number of rotatable bonds is 4. The van der Waals surface area contributed by atoms with Crippen LogP contribution in [0, 0.1) is 0 Å². The van der Waals surface area contributed by atoms with Crippen molar-refractivity contribution in [3.8, 4) is 5.75 Å². The Bertz CT molecular complexity index is 618. The summed E-state index contributed by atoms with van der Waals surface area (Å²) in [6.45, 7) is 2.60. The Morgan fingerprint density at radius 1 is 1.26 bits per heavy atom. The third kappa shape index (κ3) is 3.55. The molecule has 2 aliphatic rings. The van der Waals surface area contributed by atoms with Gasteiger partial charge in [-0.3, -0.25) is 9.69 Å². The molecule has 0 radical (unpaired) electrons. The summed E-state index contributed by atoms with van der Waals surface area (Å²) in [4.78, 5) is 14.4. The summed E-state index contributed by atoms with van der Waals surface area (Å²) in [6.07, 6.45) is 7.55. The first kappa shape index (κ1) is 16.0. The topological polar surface area (TPSA) is 41.6 Å². The summed E-state index contributed by atoms with van der Waals surface area (Å²) in [5.41, 5.74) is 1.52. The lowest BCUT2D eigenvalue weighted by Gasteiger charge is -2.29. The van der Waals surface area contributed by atoms with E-state index in [0.717, 1.165) is 24.2 Å². The number of benzene rings is 1. The minimum atomic E-state index is -0.00390. The molecule has 23 heavy (non-hydrogen) atoms. The lowest BCUT2D eigenvalue weighted by molar-refractivity contribution is -0.124. The standard InChI is InChI=1S/C18H22N2O2S/c1-2-22-15-10-8-13(9-11-15)12-16-17(21)20(18(23)19-16)14-6-4-3-5-7-14/h8-12,14H,2-7H2,1H3,(H,19,23)/b16-12+. The normalized spacial score (nSPS) is 20.9. The molecule has 0 bridgehead atoms. The number of nitrogens with one attached hydrogen (secondary N) is 1. The monoisotopic (exact) mass is 330 g/mol. The molecule has 1 saturated carbocycles. The van der Waals surface area contributed by atoms with Gasteiger partial charge in [0.15, 0.2) is 5.11 Å². The first-order valence-electron chi connectivity index (χ1n) is 8.28. The molecule has 1 amide bonds. The molecule has 2 fully saturated rings. The second-order valence-corrected chi connectivity index (χ2v) is 6.34. The fourth-order valence-corrected chi connectivity index (χ4v) is 3.56. The van der Waals surface area contributed by atoms with Crippen LogP contribution in [-0.2, 0) is 4.79 Å². The fourth-order valence-electron chi connectivity index (χ4n) is 3.21. The SMILES string of the molecule is CCOc1ccc(/C=C2/NC(=S)N(C3CCCCC3)C2=O)cc1. The Morgan fingerprint density at radius 3 is 2.61 bits per heavy atom. The van der Waals surface area contributed by atoms with E-state index in [1.165, 1.54) is 19.3 Å². The van der Waals surface area contributed by atoms with Crippen LogP contribution in [0.3, 0.4) is 0 Å². The van der Waals surface area contributed by atoms with Gasteiger partial charge in [-0.2, -0.15) is 0 Å². The van der Waals surface area contributed by atoms with Crippen LogP contribution in [0.25, 0.3) is 6.08 Å². The lowest BCUT2D eigenvalue weighted by Crippen LogP contribution is -2.41. The highest BCUT2D eigenvalue weighted by Crippen LogP contribution is 2.27. The number of hydrogen-bond acceptors (Lipinski definition) is 3. The molecule has 5 heteroatoms. The molecule has 0 unspecified atom stereocenters. The van der Waals surface area contributed by atoms with Gasteiger partial charge < -0.3 is 10.1 Å². The first-order chi connectivity index (χ1) is 11.2. The van der Waals surface area contributed by atoms with Crippen LogP contribution in [0.4, 0.5) is 0 Å². The van der Waals surface area contributed by atoms with Gasteiger partial charge in [0.2, 0.25) is 0 Å².